The molecule has 1 aromatic carbocycles. The molecule has 0 radical (unpaired) electrons. The largest absolute Gasteiger partial charge is 0.366 e. The van der Waals surface area contributed by atoms with Crippen LogP contribution in [0.1, 0.15) is 34.0 Å². The first kappa shape index (κ1) is 13.3. The fourth-order valence-corrected chi connectivity index (χ4v) is 2.02. The van der Waals surface area contributed by atoms with Gasteiger partial charge in [0.15, 0.2) is 5.78 Å². The highest BCUT2D eigenvalue weighted by Crippen LogP contribution is 2.28. The number of ether oxygens (including phenoxy) is 1. The van der Waals surface area contributed by atoms with Crippen LogP contribution in [0.25, 0.3) is 0 Å². The first-order chi connectivity index (χ1) is 7.29. The number of hydrogen-bond acceptors (Lipinski definition) is 2. The molecular formula is C13H19O2P. The van der Waals surface area contributed by atoms with E-state index in [1.807, 2.05) is 32.9 Å². The number of benzene rings is 1. The molecule has 0 aliphatic rings. The number of ketones is 1. The molecule has 0 heterocycles. The van der Waals surface area contributed by atoms with Crippen LogP contribution in [0.2, 0.25) is 0 Å². The van der Waals surface area contributed by atoms with Gasteiger partial charge in [0.05, 0.1) is 0 Å². The maximum absolute atomic E-state index is 12.3. The van der Waals surface area contributed by atoms with Crippen molar-refractivity contribution in [2.75, 3.05) is 7.11 Å². The van der Waals surface area contributed by atoms with Crippen molar-refractivity contribution in [3.05, 3.63) is 34.4 Å². The lowest BCUT2D eigenvalue weighted by Crippen LogP contribution is -2.31. The smallest absolute Gasteiger partial charge is 0.198 e. The number of Topliss-reactive ketones (excluding diaryl/α,β-unsaturated/α-hetero) is 1. The van der Waals surface area contributed by atoms with Crippen LogP contribution in [0.15, 0.2) is 12.1 Å². The van der Waals surface area contributed by atoms with Crippen LogP contribution < -0.4 is 0 Å². The highest BCUT2D eigenvalue weighted by atomic mass is 31.0. The Morgan fingerprint density at radius 2 is 1.69 bits per heavy atom. The van der Waals surface area contributed by atoms with Crippen molar-refractivity contribution in [2.24, 2.45) is 0 Å². The third-order valence-corrected chi connectivity index (χ3v) is 3.28. The molecule has 1 rings (SSSR count). The molecule has 0 amide bonds. The summed E-state index contributed by atoms with van der Waals surface area (Å²) in [4.78, 5) is 12.3. The van der Waals surface area contributed by atoms with Crippen LogP contribution in [0.3, 0.4) is 0 Å². The minimum absolute atomic E-state index is 0.00926. The molecule has 2 atom stereocenters. The van der Waals surface area contributed by atoms with Gasteiger partial charge in [-0.05, 0) is 38.8 Å². The lowest BCUT2D eigenvalue weighted by Gasteiger charge is -2.23. The van der Waals surface area contributed by atoms with Gasteiger partial charge in [-0.25, -0.2) is 0 Å². The van der Waals surface area contributed by atoms with E-state index in [1.165, 1.54) is 5.56 Å². The van der Waals surface area contributed by atoms with Crippen LogP contribution in [-0.4, -0.2) is 18.2 Å². The number of rotatable bonds is 3. The first-order valence-electron chi connectivity index (χ1n) is 5.26. The molecule has 0 fully saturated rings. The van der Waals surface area contributed by atoms with Crippen LogP contribution in [0, 0.1) is 20.8 Å². The molecule has 1 aromatic rings. The van der Waals surface area contributed by atoms with Crippen LogP contribution in [-0.2, 0) is 4.74 Å². The van der Waals surface area contributed by atoms with Gasteiger partial charge in [0, 0.05) is 12.7 Å². The van der Waals surface area contributed by atoms with Gasteiger partial charge in [-0.1, -0.05) is 26.9 Å². The van der Waals surface area contributed by atoms with Crippen LogP contribution in [0.4, 0.5) is 0 Å². The van der Waals surface area contributed by atoms with Crippen molar-refractivity contribution in [3.63, 3.8) is 0 Å². The SMILES string of the molecule is COC(C)(P)C(=O)c1c(C)cc(C)cc1C. The molecule has 0 aromatic heterocycles. The molecule has 16 heavy (non-hydrogen) atoms. The average Bonchev–Trinajstić information content (AvgIpc) is 2.15. The first-order valence-corrected chi connectivity index (χ1v) is 5.84. The van der Waals surface area contributed by atoms with Crippen LogP contribution in [0.5, 0.6) is 0 Å². The Bertz CT molecular complexity index is 399. The molecule has 88 valence electrons. The summed E-state index contributed by atoms with van der Waals surface area (Å²) in [6, 6.07) is 4.05. The van der Waals surface area contributed by atoms with E-state index in [2.05, 4.69) is 9.24 Å². The van der Waals surface area contributed by atoms with E-state index in [0.29, 0.717) is 0 Å². The Balaban J connectivity index is 3.30. The second-order valence-electron chi connectivity index (χ2n) is 4.41. The van der Waals surface area contributed by atoms with Gasteiger partial charge < -0.3 is 4.74 Å². The predicted octanol–water partition coefficient (Wildman–Crippen LogP) is 3.03. The van der Waals surface area contributed by atoms with Gasteiger partial charge in [0.2, 0.25) is 0 Å². The summed E-state index contributed by atoms with van der Waals surface area (Å²) in [6.45, 7) is 7.72. The molecule has 0 N–H and O–H groups in total. The number of carbonyl (C=O) groups excluding carboxylic acids is 1. The van der Waals surface area contributed by atoms with E-state index in [0.717, 1.165) is 16.7 Å². The minimum Gasteiger partial charge on any atom is -0.366 e. The van der Waals surface area contributed by atoms with Gasteiger partial charge in [-0.2, -0.15) is 0 Å². The summed E-state index contributed by atoms with van der Waals surface area (Å²) in [7, 11) is 4.01. The van der Waals surface area contributed by atoms with Crippen molar-refractivity contribution in [1.29, 1.82) is 0 Å². The fourth-order valence-electron chi connectivity index (χ4n) is 1.88. The lowest BCUT2D eigenvalue weighted by molar-refractivity contribution is 0.0539. The van der Waals surface area contributed by atoms with Crippen molar-refractivity contribution in [1.82, 2.24) is 0 Å². The molecule has 0 aliphatic carbocycles. The standard InChI is InChI=1S/C13H19O2P/c1-8-6-9(2)11(10(3)7-8)12(14)13(4,16)15-5/h6-7H,16H2,1-5H3. The summed E-state index contributed by atoms with van der Waals surface area (Å²) >= 11 is 0. The van der Waals surface area contributed by atoms with E-state index in [9.17, 15) is 4.79 Å². The van der Waals surface area contributed by atoms with E-state index in [4.69, 9.17) is 4.74 Å². The third kappa shape index (κ3) is 2.50. The van der Waals surface area contributed by atoms with Gasteiger partial charge in [-0.15, -0.1) is 0 Å². The van der Waals surface area contributed by atoms with Crippen molar-refractivity contribution in [3.8, 4) is 0 Å². The Labute approximate surface area is 99.6 Å². The van der Waals surface area contributed by atoms with Crippen LogP contribution >= 0.6 is 9.24 Å². The van der Waals surface area contributed by atoms with E-state index in [1.54, 1.807) is 14.0 Å². The molecule has 0 aliphatic heterocycles. The molecule has 2 nitrogen and oxygen atoms in total. The minimum atomic E-state index is -0.842. The van der Waals surface area contributed by atoms with Crippen molar-refractivity contribution in [2.45, 2.75) is 33.0 Å². The third-order valence-electron chi connectivity index (χ3n) is 2.78. The maximum atomic E-state index is 12.3. The highest BCUT2D eigenvalue weighted by Gasteiger charge is 2.30. The number of carbonyl (C=O) groups is 1. The van der Waals surface area contributed by atoms with Gasteiger partial charge >= 0.3 is 0 Å². The van der Waals surface area contributed by atoms with E-state index in [-0.39, 0.29) is 5.78 Å². The molecular weight excluding hydrogens is 219 g/mol. The van der Waals surface area contributed by atoms with Crippen molar-refractivity contribution < 1.29 is 9.53 Å². The molecule has 2 unspecified atom stereocenters. The van der Waals surface area contributed by atoms with E-state index < -0.39 is 5.34 Å². The zero-order valence-electron chi connectivity index (χ0n) is 10.5. The molecule has 0 saturated carbocycles. The van der Waals surface area contributed by atoms with Gasteiger partial charge in [0.1, 0.15) is 5.34 Å². The van der Waals surface area contributed by atoms with Crippen molar-refractivity contribution >= 4 is 15.0 Å². The Kier molecular flexibility index (Phi) is 3.88. The normalized spacial score (nSPS) is 14.6. The van der Waals surface area contributed by atoms with Gasteiger partial charge in [-0.3, -0.25) is 4.79 Å². The number of hydrogen-bond donors (Lipinski definition) is 0. The number of methoxy groups -OCH3 is 1. The lowest BCUT2D eigenvalue weighted by atomic mass is 9.94. The van der Waals surface area contributed by atoms with E-state index >= 15 is 0 Å². The zero-order chi connectivity index (χ0) is 12.5. The monoisotopic (exact) mass is 238 g/mol. The Morgan fingerprint density at radius 3 is 2.06 bits per heavy atom. The summed E-state index contributed by atoms with van der Waals surface area (Å²) in [6.07, 6.45) is 0. The summed E-state index contributed by atoms with van der Waals surface area (Å²) in [5, 5.41) is -0.842. The molecule has 0 bridgehead atoms. The fraction of sp³-hybridized carbons (Fsp3) is 0.462. The summed E-state index contributed by atoms with van der Waals surface area (Å²) in [5.74, 6) is 0.00926. The maximum Gasteiger partial charge on any atom is 0.198 e. The molecule has 0 spiro atoms. The quantitative estimate of drug-likeness (QED) is 0.597. The Morgan fingerprint density at radius 1 is 1.25 bits per heavy atom. The summed E-state index contributed by atoms with van der Waals surface area (Å²) in [5.41, 5.74) is 3.96. The van der Waals surface area contributed by atoms with Gasteiger partial charge in [0.25, 0.3) is 0 Å². The highest BCUT2D eigenvalue weighted by molar-refractivity contribution is 7.20. The summed E-state index contributed by atoms with van der Waals surface area (Å²) < 4.78 is 5.21. The topological polar surface area (TPSA) is 26.3 Å². The zero-order valence-corrected chi connectivity index (χ0v) is 11.7. The molecule has 0 saturated heterocycles. The predicted molar refractivity (Wildman–Crippen MR) is 70.1 cm³/mol. The average molecular weight is 238 g/mol. The second kappa shape index (κ2) is 4.65. The Hall–Kier alpha value is -0.720. The second-order valence-corrected chi connectivity index (χ2v) is 5.52. The number of aryl methyl sites for hydroxylation is 3. The molecule has 3 heteroatoms.